The van der Waals surface area contributed by atoms with Gasteiger partial charge in [-0.2, -0.15) is 10.2 Å². The van der Waals surface area contributed by atoms with Crippen LogP contribution in [0.1, 0.15) is 110 Å². The molecule has 0 aliphatic rings. The largest absolute Gasteiger partial charge is 0.238 e. The predicted octanol–water partition coefficient (Wildman–Crippen LogP) is 10.1. The van der Waals surface area contributed by atoms with Gasteiger partial charge in [0.25, 0.3) is 0 Å². The fourth-order valence-electron chi connectivity index (χ4n) is 3.46. The molecule has 0 N–H and O–H groups in total. The summed E-state index contributed by atoms with van der Waals surface area (Å²) in [4.78, 5) is 0. The van der Waals surface area contributed by atoms with E-state index in [9.17, 15) is 0 Å². The van der Waals surface area contributed by atoms with Crippen molar-refractivity contribution in [1.82, 2.24) is 19.6 Å². The molecule has 2 heterocycles. The highest BCUT2D eigenvalue weighted by molar-refractivity contribution is 5.36. The summed E-state index contributed by atoms with van der Waals surface area (Å²) in [5.41, 5.74) is 8.35. The summed E-state index contributed by atoms with van der Waals surface area (Å²) in [7, 11) is 0. The summed E-state index contributed by atoms with van der Waals surface area (Å²) in [6, 6.07) is 23.0. The van der Waals surface area contributed by atoms with Crippen LogP contribution in [0.25, 0.3) is 11.4 Å². The molecule has 2 aromatic heterocycles. The summed E-state index contributed by atoms with van der Waals surface area (Å²) in [6.45, 7) is 27.9. The number of rotatable bonds is 2. The molecule has 39 heavy (non-hydrogen) atoms. The quantitative estimate of drug-likeness (QED) is 0.258. The minimum Gasteiger partial charge on any atom is -0.238 e. The van der Waals surface area contributed by atoms with Crippen molar-refractivity contribution in [2.75, 3.05) is 0 Å². The number of aromatic nitrogens is 4. The van der Waals surface area contributed by atoms with E-state index in [1.165, 1.54) is 29.8 Å². The molecule has 0 saturated heterocycles. The molecule has 4 rings (SSSR count). The molecule has 0 saturated carbocycles. The lowest BCUT2D eigenvalue weighted by atomic mass is 9.92. The molecule has 2 aromatic carbocycles. The second-order valence-corrected chi connectivity index (χ2v) is 12.3. The van der Waals surface area contributed by atoms with E-state index in [4.69, 9.17) is 5.10 Å². The normalized spacial score (nSPS) is 10.9. The third kappa shape index (κ3) is 10.9. The SMILES string of the molecule is CCC.CCC.Cc1cc(C(C)(C)C)nn1-c1ccccc1.Cc1ccc(-n2nc(C(C)(C)C)cc2C)cc1. The smallest absolute Gasteiger partial charge is 0.0685 e. The zero-order valence-corrected chi connectivity index (χ0v) is 27.1. The Morgan fingerprint density at radius 1 is 0.538 bits per heavy atom. The number of benzene rings is 2. The van der Waals surface area contributed by atoms with E-state index in [2.05, 4.69) is 144 Å². The van der Waals surface area contributed by atoms with Crippen molar-refractivity contribution in [2.45, 2.75) is 114 Å². The second kappa shape index (κ2) is 15.5. The van der Waals surface area contributed by atoms with Gasteiger partial charge in [0.15, 0.2) is 0 Å². The van der Waals surface area contributed by atoms with Gasteiger partial charge in [-0.05, 0) is 57.2 Å². The number of aryl methyl sites for hydroxylation is 3. The fraction of sp³-hybridized carbons (Fsp3) is 0.486. The monoisotopic (exact) mass is 530 g/mol. The Balaban J connectivity index is 0.000000325. The van der Waals surface area contributed by atoms with Crippen LogP contribution >= 0.6 is 0 Å². The average molecular weight is 531 g/mol. The van der Waals surface area contributed by atoms with E-state index in [0.717, 1.165) is 22.8 Å². The Labute approximate surface area is 239 Å². The molecule has 0 bridgehead atoms. The Morgan fingerprint density at radius 2 is 0.872 bits per heavy atom. The molecular weight excluding hydrogens is 476 g/mol. The van der Waals surface area contributed by atoms with Crippen LogP contribution < -0.4 is 0 Å². The van der Waals surface area contributed by atoms with Crippen LogP contribution in [0.4, 0.5) is 0 Å². The van der Waals surface area contributed by atoms with Gasteiger partial charge in [-0.25, -0.2) is 9.36 Å². The maximum absolute atomic E-state index is 4.70. The predicted molar refractivity (Wildman–Crippen MR) is 171 cm³/mol. The highest BCUT2D eigenvalue weighted by Gasteiger charge is 2.19. The molecule has 0 aliphatic carbocycles. The standard InChI is InChI=1S/C15H20N2.C14H18N2.2C3H8/c1-11-6-8-13(9-7-11)17-12(2)10-14(16-17)15(3,4)5;1-11-10-13(14(2,3)4)15-16(11)12-8-6-5-7-9-12;2*1-3-2/h6-10H,1-5H3;5-10H,1-4H3;2*3H2,1-2H3. The summed E-state index contributed by atoms with van der Waals surface area (Å²) >= 11 is 0. The van der Waals surface area contributed by atoms with Gasteiger partial charge in [0.1, 0.15) is 0 Å². The molecule has 4 heteroatoms. The first-order valence-electron chi connectivity index (χ1n) is 14.5. The second-order valence-electron chi connectivity index (χ2n) is 12.3. The van der Waals surface area contributed by atoms with E-state index in [-0.39, 0.29) is 10.8 Å². The van der Waals surface area contributed by atoms with E-state index in [1.807, 2.05) is 27.6 Å². The maximum atomic E-state index is 4.70. The Hall–Kier alpha value is -3.14. The first-order valence-corrected chi connectivity index (χ1v) is 14.5. The van der Waals surface area contributed by atoms with Gasteiger partial charge in [0, 0.05) is 22.2 Å². The van der Waals surface area contributed by atoms with Crippen LogP contribution in [0.3, 0.4) is 0 Å². The van der Waals surface area contributed by atoms with Gasteiger partial charge in [0.05, 0.1) is 22.8 Å². The molecule has 0 unspecified atom stereocenters. The molecule has 4 nitrogen and oxygen atoms in total. The minimum absolute atomic E-state index is 0.0979. The average Bonchev–Trinajstić information content (AvgIpc) is 3.45. The lowest BCUT2D eigenvalue weighted by molar-refractivity contribution is 0.560. The summed E-state index contributed by atoms with van der Waals surface area (Å²) < 4.78 is 4.01. The highest BCUT2D eigenvalue weighted by atomic mass is 15.3. The molecule has 214 valence electrons. The van der Waals surface area contributed by atoms with Crippen LogP contribution in [0.2, 0.25) is 0 Å². The molecule has 0 spiro atoms. The molecule has 0 atom stereocenters. The molecular formula is C35H54N4. The lowest BCUT2D eigenvalue weighted by Gasteiger charge is -2.14. The molecule has 0 fully saturated rings. The summed E-state index contributed by atoms with van der Waals surface area (Å²) in [5.74, 6) is 0. The number of para-hydroxylation sites is 1. The van der Waals surface area contributed by atoms with Crippen molar-refractivity contribution in [3.05, 3.63) is 95.1 Å². The van der Waals surface area contributed by atoms with Gasteiger partial charge in [-0.1, -0.05) is 118 Å². The Kier molecular flexibility index (Phi) is 13.4. The highest BCUT2D eigenvalue weighted by Crippen LogP contribution is 2.24. The van der Waals surface area contributed by atoms with Crippen LogP contribution in [0.15, 0.2) is 66.7 Å². The first-order chi connectivity index (χ1) is 18.2. The van der Waals surface area contributed by atoms with Crippen molar-refractivity contribution < 1.29 is 0 Å². The van der Waals surface area contributed by atoms with Gasteiger partial charge < -0.3 is 0 Å². The third-order valence-corrected chi connectivity index (χ3v) is 5.59. The van der Waals surface area contributed by atoms with E-state index in [0.29, 0.717) is 0 Å². The number of nitrogens with zero attached hydrogens (tertiary/aromatic N) is 4. The van der Waals surface area contributed by atoms with Crippen molar-refractivity contribution in [3.8, 4) is 11.4 Å². The summed E-state index contributed by atoms with van der Waals surface area (Å²) in [5, 5.41) is 9.37. The topological polar surface area (TPSA) is 35.6 Å². The van der Waals surface area contributed by atoms with Crippen molar-refractivity contribution in [1.29, 1.82) is 0 Å². The molecule has 0 aliphatic heterocycles. The third-order valence-electron chi connectivity index (χ3n) is 5.59. The van der Waals surface area contributed by atoms with Crippen LogP contribution in [0.5, 0.6) is 0 Å². The Bertz CT molecular complexity index is 1210. The minimum atomic E-state index is 0.0979. The first kappa shape index (κ1) is 33.9. The van der Waals surface area contributed by atoms with E-state index < -0.39 is 0 Å². The number of hydrogen-bond acceptors (Lipinski definition) is 2. The van der Waals surface area contributed by atoms with Gasteiger partial charge in [-0.3, -0.25) is 0 Å². The fourth-order valence-corrected chi connectivity index (χ4v) is 3.46. The zero-order chi connectivity index (χ0) is 29.8. The molecule has 0 amide bonds. The van der Waals surface area contributed by atoms with E-state index in [1.54, 1.807) is 0 Å². The van der Waals surface area contributed by atoms with Crippen LogP contribution in [0, 0.1) is 20.8 Å². The van der Waals surface area contributed by atoms with Crippen molar-refractivity contribution in [2.24, 2.45) is 0 Å². The molecule has 0 radical (unpaired) electrons. The molecule has 4 aromatic rings. The van der Waals surface area contributed by atoms with Crippen LogP contribution in [-0.4, -0.2) is 19.6 Å². The van der Waals surface area contributed by atoms with Gasteiger partial charge in [-0.15, -0.1) is 0 Å². The van der Waals surface area contributed by atoms with E-state index >= 15 is 0 Å². The number of hydrogen-bond donors (Lipinski definition) is 0. The Morgan fingerprint density at radius 3 is 1.18 bits per heavy atom. The van der Waals surface area contributed by atoms with Gasteiger partial charge in [0.2, 0.25) is 0 Å². The van der Waals surface area contributed by atoms with Gasteiger partial charge >= 0.3 is 0 Å². The summed E-state index contributed by atoms with van der Waals surface area (Å²) in [6.07, 6.45) is 2.50. The van der Waals surface area contributed by atoms with Crippen molar-refractivity contribution >= 4 is 0 Å². The zero-order valence-electron chi connectivity index (χ0n) is 27.1. The lowest BCUT2D eigenvalue weighted by Crippen LogP contribution is -2.12. The van der Waals surface area contributed by atoms with Crippen LogP contribution in [-0.2, 0) is 10.8 Å². The maximum Gasteiger partial charge on any atom is 0.0685 e. The van der Waals surface area contributed by atoms with Crippen molar-refractivity contribution in [3.63, 3.8) is 0 Å².